The molecule has 1 rings (SSSR count). The van der Waals surface area contributed by atoms with E-state index in [2.05, 4.69) is 5.32 Å². The Balaban J connectivity index is 2.42. The fourth-order valence-electron chi connectivity index (χ4n) is 1.22. The van der Waals surface area contributed by atoms with Gasteiger partial charge in [-0.15, -0.1) is 0 Å². The van der Waals surface area contributed by atoms with E-state index in [9.17, 15) is 9.59 Å². The molecule has 0 saturated carbocycles. The SMILES string of the molecule is CN(C)CCNC(=O)C1(C(=O)O)COC1. The van der Waals surface area contributed by atoms with E-state index in [1.54, 1.807) is 0 Å². The number of likely N-dealkylation sites (N-methyl/N-ethyl adjacent to an activating group) is 1. The highest BCUT2D eigenvalue weighted by Crippen LogP contribution is 2.27. The van der Waals surface area contributed by atoms with Crippen molar-refractivity contribution >= 4 is 11.9 Å². The number of nitrogens with one attached hydrogen (secondary N) is 1. The number of hydrogen-bond donors (Lipinski definition) is 2. The molecule has 0 aromatic rings. The van der Waals surface area contributed by atoms with Crippen LogP contribution in [0.2, 0.25) is 0 Å². The predicted molar refractivity (Wildman–Crippen MR) is 52.5 cm³/mol. The molecule has 15 heavy (non-hydrogen) atoms. The van der Waals surface area contributed by atoms with Crippen molar-refractivity contribution in [3.05, 3.63) is 0 Å². The summed E-state index contributed by atoms with van der Waals surface area (Å²) in [5.74, 6) is -1.57. The normalized spacial score (nSPS) is 18.3. The van der Waals surface area contributed by atoms with Gasteiger partial charge in [-0.3, -0.25) is 9.59 Å². The minimum Gasteiger partial charge on any atom is -0.480 e. The molecular formula is C9H16N2O4. The highest BCUT2D eigenvalue weighted by atomic mass is 16.5. The summed E-state index contributed by atoms with van der Waals surface area (Å²) in [7, 11) is 3.76. The lowest BCUT2D eigenvalue weighted by Gasteiger charge is -2.35. The molecule has 0 spiro atoms. The molecular weight excluding hydrogens is 200 g/mol. The summed E-state index contributed by atoms with van der Waals surface area (Å²) in [5, 5.41) is 11.5. The Bertz CT molecular complexity index is 261. The molecule has 6 heteroatoms. The maximum Gasteiger partial charge on any atom is 0.324 e. The van der Waals surface area contributed by atoms with Crippen molar-refractivity contribution in [2.75, 3.05) is 40.4 Å². The van der Waals surface area contributed by atoms with Gasteiger partial charge in [0, 0.05) is 13.1 Å². The van der Waals surface area contributed by atoms with Crippen LogP contribution in [0.4, 0.5) is 0 Å². The van der Waals surface area contributed by atoms with E-state index in [0.29, 0.717) is 13.1 Å². The number of carbonyl (C=O) groups excluding carboxylic acids is 1. The Morgan fingerprint density at radius 2 is 2.07 bits per heavy atom. The van der Waals surface area contributed by atoms with Gasteiger partial charge in [-0.05, 0) is 14.1 Å². The van der Waals surface area contributed by atoms with Crippen LogP contribution in [0.15, 0.2) is 0 Å². The topological polar surface area (TPSA) is 78.9 Å². The molecule has 0 aliphatic carbocycles. The second-order valence-corrected chi connectivity index (χ2v) is 3.94. The first-order valence-corrected chi connectivity index (χ1v) is 4.73. The molecule has 1 saturated heterocycles. The third-order valence-corrected chi connectivity index (χ3v) is 2.39. The minimum absolute atomic E-state index is 0.0316. The molecule has 1 fully saturated rings. The lowest BCUT2D eigenvalue weighted by Crippen LogP contribution is -2.59. The van der Waals surface area contributed by atoms with Crippen molar-refractivity contribution in [1.82, 2.24) is 10.2 Å². The summed E-state index contributed by atoms with van der Waals surface area (Å²) >= 11 is 0. The zero-order chi connectivity index (χ0) is 11.5. The van der Waals surface area contributed by atoms with Crippen molar-refractivity contribution in [1.29, 1.82) is 0 Å². The number of amides is 1. The standard InChI is InChI=1S/C9H16N2O4/c1-11(2)4-3-10-7(12)9(8(13)14)5-15-6-9/h3-6H2,1-2H3,(H,10,12)(H,13,14). The number of hydrogen-bond acceptors (Lipinski definition) is 4. The Hall–Kier alpha value is -1.14. The third-order valence-electron chi connectivity index (χ3n) is 2.39. The molecule has 86 valence electrons. The largest absolute Gasteiger partial charge is 0.480 e. The van der Waals surface area contributed by atoms with Gasteiger partial charge >= 0.3 is 5.97 Å². The molecule has 0 unspecified atom stereocenters. The Morgan fingerprint density at radius 3 is 2.40 bits per heavy atom. The van der Waals surface area contributed by atoms with Gasteiger partial charge in [0.2, 0.25) is 5.91 Å². The molecule has 0 bridgehead atoms. The highest BCUT2D eigenvalue weighted by molar-refractivity contribution is 6.03. The number of carboxylic acids is 1. The van der Waals surface area contributed by atoms with Gasteiger partial charge in [0.1, 0.15) is 0 Å². The van der Waals surface area contributed by atoms with Crippen molar-refractivity contribution in [3.63, 3.8) is 0 Å². The van der Waals surface area contributed by atoms with Gasteiger partial charge in [-0.2, -0.15) is 0 Å². The van der Waals surface area contributed by atoms with Gasteiger partial charge < -0.3 is 20.1 Å². The van der Waals surface area contributed by atoms with Crippen molar-refractivity contribution in [2.24, 2.45) is 5.41 Å². The van der Waals surface area contributed by atoms with Gasteiger partial charge in [-0.25, -0.2) is 0 Å². The molecule has 1 aliphatic heterocycles. The van der Waals surface area contributed by atoms with Crippen molar-refractivity contribution in [2.45, 2.75) is 0 Å². The Kier molecular flexibility index (Phi) is 3.65. The average Bonchev–Trinajstić information content (AvgIpc) is 1.99. The first-order valence-electron chi connectivity index (χ1n) is 4.73. The lowest BCUT2D eigenvalue weighted by atomic mass is 9.85. The zero-order valence-corrected chi connectivity index (χ0v) is 8.95. The summed E-state index contributed by atoms with van der Waals surface area (Å²) in [6, 6.07) is 0. The van der Waals surface area contributed by atoms with Crippen LogP contribution in [0.5, 0.6) is 0 Å². The van der Waals surface area contributed by atoms with Crippen LogP contribution in [0.25, 0.3) is 0 Å². The zero-order valence-electron chi connectivity index (χ0n) is 8.95. The Morgan fingerprint density at radius 1 is 1.47 bits per heavy atom. The number of nitrogens with zero attached hydrogens (tertiary/aromatic N) is 1. The lowest BCUT2D eigenvalue weighted by molar-refractivity contribution is -0.185. The number of ether oxygens (including phenoxy) is 1. The Labute approximate surface area is 88.2 Å². The molecule has 0 aromatic heterocycles. The average molecular weight is 216 g/mol. The van der Waals surface area contributed by atoms with Crippen LogP contribution in [0, 0.1) is 5.41 Å². The van der Waals surface area contributed by atoms with Crippen LogP contribution in [-0.2, 0) is 14.3 Å². The molecule has 2 N–H and O–H groups in total. The number of carbonyl (C=O) groups is 2. The van der Waals surface area contributed by atoms with Crippen molar-refractivity contribution < 1.29 is 19.4 Å². The highest BCUT2D eigenvalue weighted by Gasteiger charge is 2.53. The van der Waals surface area contributed by atoms with E-state index in [0.717, 1.165) is 0 Å². The smallest absolute Gasteiger partial charge is 0.324 e. The molecule has 1 aliphatic rings. The molecule has 0 radical (unpaired) electrons. The van der Waals surface area contributed by atoms with E-state index in [4.69, 9.17) is 9.84 Å². The molecule has 1 amide bonds. The van der Waals surface area contributed by atoms with Gasteiger partial charge in [0.05, 0.1) is 13.2 Å². The summed E-state index contributed by atoms with van der Waals surface area (Å²) in [6.45, 7) is 1.06. The van der Waals surface area contributed by atoms with Gasteiger partial charge in [0.25, 0.3) is 0 Å². The number of rotatable bonds is 5. The number of aliphatic carboxylic acids is 1. The second-order valence-electron chi connectivity index (χ2n) is 3.94. The predicted octanol–water partition coefficient (Wildman–Crippen LogP) is -1.23. The van der Waals surface area contributed by atoms with Crippen LogP contribution < -0.4 is 5.32 Å². The third kappa shape index (κ3) is 2.45. The van der Waals surface area contributed by atoms with Crippen LogP contribution in [0.1, 0.15) is 0 Å². The van der Waals surface area contributed by atoms with E-state index >= 15 is 0 Å². The molecule has 0 atom stereocenters. The quantitative estimate of drug-likeness (QED) is 0.562. The summed E-state index contributed by atoms with van der Waals surface area (Å²) in [5.41, 5.74) is -1.35. The first kappa shape index (κ1) is 11.9. The first-order chi connectivity index (χ1) is 6.99. The summed E-state index contributed by atoms with van der Waals surface area (Å²) in [4.78, 5) is 24.4. The van der Waals surface area contributed by atoms with Crippen molar-refractivity contribution in [3.8, 4) is 0 Å². The van der Waals surface area contributed by atoms with E-state index in [-0.39, 0.29) is 13.2 Å². The van der Waals surface area contributed by atoms with Gasteiger partial charge in [-0.1, -0.05) is 0 Å². The maximum atomic E-state index is 11.6. The fourth-order valence-corrected chi connectivity index (χ4v) is 1.22. The van der Waals surface area contributed by atoms with Crippen LogP contribution >= 0.6 is 0 Å². The van der Waals surface area contributed by atoms with E-state index < -0.39 is 17.3 Å². The molecule has 1 heterocycles. The maximum absolute atomic E-state index is 11.6. The minimum atomic E-state index is -1.35. The van der Waals surface area contributed by atoms with Crippen LogP contribution in [-0.4, -0.2) is 62.3 Å². The van der Waals surface area contributed by atoms with E-state index in [1.165, 1.54) is 0 Å². The van der Waals surface area contributed by atoms with E-state index in [1.807, 2.05) is 19.0 Å². The summed E-state index contributed by atoms with van der Waals surface area (Å²) in [6.07, 6.45) is 0. The second kappa shape index (κ2) is 4.59. The molecule has 6 nitrogen and oxygen atoms in total. The summed E-state index contributed by atoms with van der Waals surface area (Å²) < 4.78 is 4.80. The number of carboxylic acid groups (broad SMARTS) is 1. The van der Waals surface area contributed by atoms with Gasteiger partial charge in [0.15, 0.2) is 5.41 Å². The fraction of sp³-hybridized carbons (Fsp3) is 0.778. The molecule has 0 aromatic carbocycles. The monoisotopic (exact) mass is 216 g/mol. The van der Waals surface area contributed by atoms with Crippen LogP contribution in [0.3, 0.4) is 0 Å².